The lowest BCUT2D eigenvalue weighted by molar-refractivity contribution is -0.139. The van der Waals surface area contributed by atoms with E-state index in [0.717, 1.165) is 22.9 Å². The molecule has 0 aromatic heterocycles. The van der Waals surface area contributed by atoms with Crippen molar-refractivity contribution in [2.24, 2.45) is 5.18 Å². The van der Waals surface area contributed by atoms with Gasteiger partial charge in [-0.1, -0.05) is 36.0 Å². The molecule has 0 aliphatic heterocycles. The highest BCUT2D eigenvalue weighted by molar-refractivity contribution is 8.12. The topological polar surface area (TPSA) is 72.8 Å². The first-order chi connectivity index (χ1) is 9.56. The molecule has 1 atom stereocenters. The minimum absolute atomic E-state index is 0.0857. The second-order valence-corrected chi connectivity index (χ2v) is 6.11. The van der Waals surface area contributed by atoms with E-state index >= 15 is 0 Å². The van der Waals surface area contributed by atoms with Gasteiger partial charge in [-0.2, -0.15) is 0 Å². The molecule has 0 heterocycles. The van der Waals surface area contributed by atoms with Crippen LogP contribution in [0.3, 0.4) is 0 Å². The maximum atomic E-state index is 11.2. The van der Waals surface area contributed by atoms with Crippen molar-refractivity contribution in [2.45, 2.75) is 23.8 Å². The minimum atomic E-state index is -1.03. The quantitative estimate of drug-likeness (QED) is 0.569. The molecule has 20 heavy (non-hydrogen) atoms. The van der Waals surface area contributed by atoms with E-state index in [1.54, 1.807) is 0 Å². The molecule has 0 saturated heterocycles. The van der Waals surface area contributed by atoms with E-state index in [-0.39, 0.29) is 5.12 Å². The van der Waals surface area contributed by atoms with Crippen LogP contribution in [-0.4, -0.2) is 23.6 Å². The number of hydrogen-bond donors (Lipinski definition) is 0. The fourth-order valence-corrected chi connectivity index (χ4v) is 2.73. The third kappa shape index (κ3) is 5.75. The van der Waals surface area contributed by atoms with E-state index in [4.69, 9.17) is 0 Å². The normalized spacial score (nSPS) is 11.7. The number of hydrogen-bond acceptors (Lipinski definition) is 7. The first-order valence-electron chi connectivity index (χ1n) is 5.80. The number of methoxy groups -OCH3 is 1. The molecule has 0 radical (unpaired) electrons. The lowest BCUT2D eigenvalue weighted by Gasteiger charge is -2.07. The summed E-state index contributed by atoms with van der Waals surface area (Å²) in [6.07, 6.45) is 0. The van der Waals surface area contributed by atoms with Crippen LogP contribution in [0.15, 0.2) is 29.4 Å². The van der Waals surface area contributed by atoms with E-state index in [9.17, 15) is 14.5 Å². The van der Waals surface area contributed by atoms with Gasteiger partial charge in [0, 0.05) is 18.4 Å². The van der Waals surface area contributed by atoms with E-state index in [0.29, 0.717) is 11.5 Å². The van der Waals surface area contributed by atoms with Crippen LogP contribution >= 0.6 is 23.5 Å². The van der Waals surface area contributed by atoms with Gasteiger partial charge in [-0.15, -0.1) is 16.7 Å². The summed E-state index contributed by atoms with van der Waals surface area (Å²) in [6, 6.07) is 7.66. The van der Waals surface area contributed by atoms with Crippen molar-refractivity contribution in [3.05, 3.63) is 40.3 Å². The molecule has 0 bridgehead atoms. The smallest absolute Gasteiger partial charge is 0.344 e. The van der Waals surface area contributed by atoms with Crippen molar-refractivity contribution in [3.63, 3.8) is 0 Å². The van der Waals surface area contributed by atoms with Crippen LogP contribution in [0.2, 0.25) is 0 Å². The van der Waals surface area contributed by atoms with Gasteiger partial charge in [-0.05, 0) is 16.3 Å². The molecule has 5 nitrogen and oxygen atoms in total. The highest BCUT2D eigenvalue weighted by Gasteiger charge is 2.20. The zero-order chi connectivity index (χ0) is 15.0. The number of nitroso groups, excluding NO2 is 1. The molecule has 7 heteroatoms. The summed E-state index contributed by atoms with van der Waals surface area (Å²) in [4.78, 5) is 32.6. The predicted octanol–water partition coefficient (Wildman–Crippen LogP) is 2.97. The number of carbonyl (C=O) groups excluding carboxylic acids is 2. The van der Waals surface area contributed by atoms with Crippen molar-refractivity contribution in [2.75, 3.05) is 7.11 Å². The Morgan fingerprint density at radius 2 is 1.75 bits per heavy atom. The maximum absolute atomic E-state index is 11.2. The van der Waals surface area contributed by atoms with Crippen LogP contribution in [0.4, 0.5) is 0 Å². The third-order valence-corrected chi connectivity index (χ3v) is 4.35. The van der Waals surface area contributed by atoms with Crippen LogP contribution in [0.25, 0.3) is 0 Å². The number of rotatable bonds is 7. The van der Waals surface area contributed by atoms with Crippen molar-refractivity contribution in [3.8, 4) is 0 Å². The van der Waals surface area contributed by atoms with E-state index in [1.807, 2.05) is 24.3 Å². The second kappa shape index (κ2) is 8.76. The fourth-order valence-electron chi connectivity index (χ4n) is 1.33. The molecule has 0 fully saturated rings. The standard InChI is InChI=1S/C13H15NO4S2/c1-9(15)19-7-10-3-5-11(6-4-10)8-20-12(14-17)13(16)18-2/h3-6,12H,7-8H2,1-2H3. The first kappa shape index (κ1) is 16.7. The van der Waals surface area contributed by atoms with Gasteiger partial charge in [0.2, 0.25) is 5.37 Å². The SMILES string of the molecule is COC(=O)C(N=O)SCc1ccc(CSC(C)=O)cc1. The van der Waals surface area contributed by atoms with Crippen molar-refractivity contribution in [1.29, 1.82) is 0 Å². The number of thioether (sulfide) groups is 2. The highest BCUT2D eigenvalue weighted by atomic mass is 32.2. The summed E-state index contributed by atoms with van der Waals surface area (Å²) < 4.78 is 4.48. The molecule has 0 aliphatic carbocycles. The van der Waals surface area contributed by atoms with Crippen LogP contribution in [-0.2, 0) is 25.8 Å². The Morgan fingerprint density at radius 3 is 2.20 bits per heavy atom. The number of carbonyl (C=O) groups is 2. The number of ether oxygens (including phenoxy) is 1. The molecule has 1 unspecified atom stereocenters. The lowest BCUT2D eigenvalue weighted by Crippen LogP contribution is -2.15. The van der Waals surface area contributed by atoms with Gasteiger partial charge in [0.1, 0.15) is 0 Å². The molecule has 0 N–H and O–H groups in total. The van der Waals surface area contributed by atoms with Gasteiger partial charge < -0.3 is 4.74 Å². The Hall–Kier alpha value is -1.34. The van der Waals surface area contributed by atoms with Crippen LogP contribution in [0.5, 0.6) is 0 Å². The average Bonchev–Trinajstić information content (AvgIpc) is 2.46. The molecule has 108 valence electrons. The van der Waals surface area contributed by atoms with Gasteiger partial charge in [0.15, 0.2) is 5.12 Å². The Bertz CT molecular complexity index is 476. The first-order valence-corrected chi connectivity index (χ1v) is 7.83. The van der Waals surface area contributed by atoms with Crippen molar-refractivity contribution >= 4 is 34.6 Å². The van der Waals surface area contributed by atoms with Gasteiger partial charge in [0.05, 0.1) is 7.11 Å². The highest BCUT2D eigenvalue weighted by Crippen LogP contribution is 2.21. The molecule has 1 aromatic carbocycles. The summed E-state index contributed by atoms with van der Waals surface area (Å²) in [5.41, 5.74) is 2.03. The minimum Gasteiger partial charge on any atom is -0.467 e. The van der Waals surface area contributed by atoms with Crippen LogP contribution in [0.1, 0.15) is 18.1 Å². The van der Waals surface area contributed by atoms with Gasteiger partial charge in [-0.25, -0.2) is 4.79 Å². The molecule has 0 amide bonds. The molecule has 0 spiro atoms. The lowest BCUT2D eigenvalue weighted by atomic mass is 10.2. The van der Waals surface area contributed by atoms with E-state index < -0.39 is 11.3 Å². The zero-order valence-corrected chi connectivity index (χ0v) is 12.8. The Kier molecular flexibility index (Phi) is 7.32. The molecule has 1 rings (SSSR count). The molecule has 0 saturated carbocycles. The van der Waals surface area contributed by atoms with Crippen molar-refractivity contribution < 1.29 is 14.3 Å². The van der Waals surface area contributed by atoms with Crippen LogP contribution < -0.4 is 0 Å². The fraction of sp³-hybridized carbons (Fsp3) is 0.385. The maximum Gasteiger partial charge on any atom is 0.344 e. The van der Waals surface area contributed by atoms with Crippen molar-refractivity contribution in [1.82, 2.24) is 0 Å². The summed E-state index contributed by atoms with van der Waals surface area (Å²) in [5.74, 6) is 0.495. The molecular weight excluding hydrogens is 298 g/mol. The summed E-state index contributed by atoms with van der Waals surface area (Å²) in [5, 5.41) is 1.79. The van der Waals surface area contributed by atoms with Gasteiger partial charge in [-0.3, -0.25) is 4.79 Å². The second-order valence-electron chi connectivity index (χ2n) is 3.89. The number of esters is 1. The number of nitrogens with zero attached hydrogens (tertiary/aromatic N) is 1. The van der Waals surface area contributed by atoms with E-state index in [1.165, 1.54) is 25.8 Å². The summed E-state index contributed by atoms with van der Waals surface area (Å²) in [7, 11) is 1.22. The Balaban J connectivity index is 2.50. The average molecular weight is 313 g/mol. The Labute approximate surface area is 125 Å². The third-order valence-electron chi connectivity index (χ3n) is 2.37. The predicted molar refractivity (Wildman–Crippen MR) is 81.3 cm³/mol. The largest absolute Gasteiger partial charge is 0.467 e. The molecule has 0 aliphatic rings. The summed E-state index contributed by atoms with van der Waals surface area (Å²) >= 11 is 2.38. The van der Waals surface area contributed by atoms with Crippen LogP contribution in [0, 0.1) is 4.91 Å². The monoisotopic (exact) mass is 313 g/mol. The molecular formula is C13H15NO4S2. The van der Waals surface area contributed by atoms with E-state index in [2.05, 4.69) is 9.91 Å². The zero-order valence-electron chi connectivity index (χ0n) is 11.2. The number of benzene rings is 1. The molecule has 1 aromatic rings. The van der Waals surface area contributed by atoms with Gasteiger partial charge >= 0.3 is 5.97 Å². The summed E-state index contributed by atoms with van der Waals surface area (Å²) in [6.45, 7) is 1.54. The Morgan fingerprint density at radius 1 is 1.20 bits per heavy atom. The van der Waals surface area contributed by atoms with Gasteiger partial charge in [0.25, 0.3) is 0 Å².